The molecule has 0 amide bonds. The minimum atomic E-state index is 0.535. The Hall–Kier alpha value is -1.88. The second kappa shape index (κ2) is 5.96. The van der Waals surface area contributed by atoms with Gasteiger partial charge in [-0.2, -0.15) is 9.61 Å². The van der Waals surface area contributed by atoms with Crippen LogP contribution in [0.2, 0.25) is 0 Å². The normalized spacial score (nSPS) is 15.4. The minimum Gasteiger partial charge on any atom is -0.367 e. The van der Waals surface area contributed by atoms with Gasteiger partial charge < -0.3 is 5.32 Å². The third kappa shape index (κ3) is 2.74. The maximum Gasteiger partial charge on any atom is 0.172 e. The van der Waals surface area contributed by atoms with E-state index in [-0.39, 0.29) is 0 Å². The van der Waals surface area contributed by atoms with Crippen molar-refractivity contribution in [2.24, 2.45) is 0 Å². The van der Waals surface area contributed by atoms with Crippen LogP contribution in [0.4, 0.5) is 5.82 Å². The largest absolute Gasteiger partial charge is 0.367 e. The Balaban J connectivity index is 1.85. The van der Waals surface area contributed by atoms with Crippen LogP contribution in [0, 0.1) is 6.92 Å². The fourth-order valence-electron chi connectivity index (χ4n) is 3.32. The number of aromatic nitrogens is 3. The van der Waals surface area contributed by atoms with Crippen LogP contribution in [-0.4, -0.2) is 20.6 Å². The van der Waals surface area contributed by atoms with Gasteiger partial charge in [-0.15, -0.1) is 0 Å². The van der Waals surface area contributed by atoms with Crippen molar-refractivity contribution in [2.75, 3.05) is 5.32 Å². The van der Waals surface area contributed by atoms with Crippen LogP contribution in [0.15, 0.2) is 41.0 Å². The van der Waals surface area contributed by atoms with Gasteiger partial charge in [0.15, 0.2) is 5.65 Å². The number of hydrogen-bond donors (Lipinski definition) is 1. The molecule has 0 atom stereocenters. The molecule has 1 aromatic carbocycles. The maximum atomic E-state index is 4.81. The van der Waals surface area contributed by atoms with Gasteiger partial charge >= 0.3 is 0 Å². The molecular formula is C18H19BrN4. The monoisotopic (exact) mass is 370 g/mol. The number of halogens is 1. The van der Waals surface area contributed by atoms with Crippen molar-refractivity contribution in [1.82, 2.24) is 14.6 Å². The number of anilines is 1. The van der Waals surface area contributed by atoms with Gasteiger partial charge in [-0.05, 0) is 41.3 Å². The summed E-state index contributed by atoms with van der Waals surface area (Å²) in [6.07, 6.45) is 6.88. The van der Waals surface area contributed by atoms with E-state index in [9.17, 15) is 0 Å². The maximum absolute atomic E-state index is 4.81. The van der Waals surface area contributed by atoms with E-state index in [2.05, 4.69) is 63.6 Å². The number of nitrogens with zero attached hydrogens (tertiary/aromatic N) is 3. The Morgan fingerprint density at radius 3 is 2.78 bits per heavy atom. The van der Waals surface area contributed by atoms with Crippen LogP contribution in [0.5, 0.6) is 0 Å². The number of aryl methyl sites for hydroxylation is 1. The van der Waals surface area contributed by atoms with Gasteiger partial charge in [0, 0.05) is 17.7 Å². The highest BCUT2D eigenvalue weighted by atomic mass is 79.9. The second-order valence-corrected chi connectivity index (χ2v) is 7.05. The number of hydrogen-bond acceptors (Lipinski definition) is 3. The highest BCUT2D eigenvalue weighted by Gasteiger charge is 2.18. The fourth-order valence-corrected chi connectivity index (χ4v) is 3.66. The Morgan fingerprint density at radius 1 is 1.22 bits per heavy atom. The van der Waals surface area contributed by atoms with E-state index in [1.54, 1.807) is 0 Å². The molecule has 3 aromatic rings. The average molecular weight is 371 g/mol. The van der Waals surface area contributed by atoms with E-state index in [0.717, 1.165) is 27.2 Å². The zero-order valence-electron chi connectivity index (χ0n) is 13.1. The van der Waals surface area contributed by atoms with E-state index in [4.69, 9.17) is 4.98 Å². The number of benzene rings is 1. The van der Waals surface area contributed by atoms with Crippen molar-refractivity contribution in [3.05, 3.63) is 46.6 Å². The van der Waals surface area contributed by atoms with Crippen molar-refractivity contribution >= 4 is 27.4 Å². The summed E-state index contributed by atoms with van der Waals surface area (Å²) in [4.78, 5) is 4.81. The van der Waals surface area contributed by atoms with Crippen LogP contribution in [-0.2, 0) is 0 Å². The molecule has 118 valence electrons. The van der Waals surface area contributed by atoms with E-state index in [1.807, 2.05) is 10.7 Å². The molecule has 1 aliphatic rings. The van der Waals surface area contributed by atoms with Crippen LogP contribution >= 0.6 is 15.9 Å². The molecule has 4 nitrogen and oxygen atoms in total. The molecule has 1 saturated carbocycles. The summed E-state index contributed by atoms with van der Waals surface area (Å²) in [6, 6.07) is 11.0. The van der Waals surface area contributed by atoms with Crippen LogP contribution in [0.25, 0.3) is 16.9 Å². The summed E-state index contributed by atoms with van der Waals surface area (Å²) in [5.74, 6) is 1.02. The minimum absolute atomic E-state index is 0.535. The molecule has 1 N–H and O–H groups in total. The highest BCUT2D eigenvalue weighted by Crippen LogP contribution is 2.29. The second-order valence-electron chi connectivity index (χ2n) is 6.20. The standard InChI is InChI=1S/C18H19BrN4/c1-12-6-2-5-9-14(12)16-10-17(21-13-7-3-4-8-13)23-18(22-16)15(19)11-20-23/h2,5-6,9-11,13,21H,3-4,7-8H2,1H3. The average Bonchev–Trinajstić information content (AvgIpc) is 3.18. The quantitative estimate of drug-likeness (QED) is 0.718. The lowest BCUT2D eigenvalue weighted by Gasteiger charge is -2.16. The van der Waals surface area contributed by atoms with Crippen molar-refractivity contribution in [3.8, 4) is 11.3 Å². The molecular weight excluding hydrogens is 352 g/mol. The summed E-state index contributed by atoms with van der Waals surface area (Å²) >= 11 is 3.57. The fraction of sp³-hybridized carbons (Fsp3) is 0.333. The van der Waals surface area contributed by atoms with Crippen molar-refractivity contribution < 1.29 is 0 Å². The van der Waals surface area contributed by atoms with Gasteiger partial charge in [-0.25, -0.2) is 4.98 Å². The van der Waals surface area contributed by atoms with E-state index < -0.39 is 0 Å². The highest BCUT2D eigenvalue weighted by molar-refractivity contribution is 9.10. The smallest absolute Gasteiger partial charge is 0.172 e. The molecule has 0 radical (unpaired) electrons. The first kappa shape index (κ1) is 14.7. The Bertz CT molecular complexity index is 849. The molecule has 4 rings (SSSR count). The summed E-state index contributed by atoms with van der Waals surface area (Å²) in [5, 5.41) is 8.13. The SMILES string of the molecule is Cc1ccccc1-c1cc(NC2CCCC2)n2ncc(Br)c2n1. The lowest BCUT2D eigenvalue weighted by atomic mass is 10.1. The third-order valence-corrected chi connectivity index (χ3v) is 5.12. The molecule has 2 heterocycles. The lowest BCUT2D eigenvalue weighted by molar-refractivity contribution is 0.740. The topological polar surface area (TPSA) is 42.2 Å². The van der Waals surface area contributed by atoms with Crippen LogP contribution in [0.1, 0.15) is 31.2 Å². The lowest BCUT2D eigenvalue weighted by Crippen LogP contribution is -2.17. The molecule has 0 saturated heterocycles. The van der Waals surface area contributed by atoms with E-state index in [0.29, 0.717) is 6.04 Å². The molecule has 0 unspecified atom stereocenters. The first-order valence-electron chi connectivity index (χ1n) is 8.09. The Kier molecular flexibility index (Phi) is 3.81. The Morgan fingerprint density at radius 2 is 2.00 bits per heavy atom. The predicted molar refractivity (Wildman–Crippen MR) is 96.7 cm³/mol. The summed E-state index contributed by atoms with van der Waals surface area (Å²) in [5.41, 5.74) is 4.23. The number of rotatable bonds is 3. The van der Waals surface area contributed by atoms with Crippen LogP contribution < -0.4 is 5.32 Å². The molecule has 0 aliphatic heterocycles. The first-order chi connectivity index (χ1) is 11.2. The molecule has 23 heavy (non-hydrogen) atoms. The molecule has 1 aliphatic carbocycles. The van der Waals surface area contributed by atoms with Crippen molar-refractivity contribution in [1.29, 1.82) is 0 Å². The van der Waals surface area contributed by atoms with Gasteiger partial charge in [0.25, 0.3) is 0 Å². The van der Waals surface area contributed by atoms with E-state index >= 15 is 0 Å². The van der Waals surface area contributed by atoms with Crippen molar-refractivity contribution in [3.63, 3.8) is 0 Å². The predicted octanol–water partition coefficient (Wildman–Crippen LogP) is 4.82. The summed E-state index contributed by atoms with van der Waals surface area (Å²) in [6.45, 7) is 2.12. The molecule has 0 spiro atoms. The van der Waals surface area contributed by atoms with Crippen molar-refractivity contribution in [2.45, 2.75) is 38.6 Å². The molecule has 2 aromatic heterocycles. The first-order valence-corrected chi connectivity index (χ1v) is 8.88. The van der Waals surface area contributed by atoms with Gasteiger partial charge in [0.1, 0.15) is 5.82 Å². The number of nitrogens with one attached hydrogen (secondary N) is 1. The zero-order valence-corrected chi connectivity index (χ0v) is 14.7. The van der Waals surface area contributed by atoms with Gasteiger partial charge in [-0.1, -0.05) is 37.1 Å². The van der Waals surface area contributed by atoms with Gasteiger partial charge in [-0.3, -0.25) is 0 Å². The van der Waals surface area contributed by atoms with Gasteiger partial charge in [0.2, 0.25) is 0 Å². The van der Waals surface area contributed by atoms with Crippen LogP contribution in [0.3, 0.4) is 0 Å². The van der Waals surface area contributed by atoms with E-state index in [1.165, 1.54) is 31.2 Å². The Labute approximate surface area is 144 Å². The zero-order chi connectivity index (χ0) is 15.8. The summed E-state index contributed by atoms with van der Waals surface area (Å²) in [7, 11) is 0. The summed E-state index contributed by atoms with van der Waals surface area (Å²) < 4.78 is 2.81. The van der Waals surface area contributed by atoms with Gasteiger partial charge in [0.05, 0.1) is 16.4 Å². The number of fused-ring (bicyclic) bond motifs is 1. The molecule has 0 bridgehead atoms. The molecule has 1 fully saturated rings. The third-order valence-electron chi connectivity index (χ3n) is 4.56. The molecule has 5 heteroatoms.